The van der Waals surface area contributed by atoms with E-state index in [9.17, 15) is 9.59 Å². The topological polar surface area (TPSA) is 37.4 Å². The fourth-order valence-corrected chi connectivity index (χ4v) is 8.43. The molecule has 1 aliphatic heterocycles. The van der Waals surface area contributed by atoms with Gasteiger partial charge in [-0.05, 0) is 48.5 Å². The summed E-state index contributed by atoms with van der Waals surface area (Å²) in [6.07, 6.45) is 0.331. The standard InChI is InChI=1S/C27H21NO2P.BrH/c29-26-24-18-10-11-19-25(24)27(30)28(26)20-31(21-12-4-1-5-13-21,22-14-6-2-7-15-22)23-16-8-3-9-17-23;/h1-19H,20H2;1H/q+1;/p-1. The van der Waals surface area contributed by atoms with Crippen LogP contribution in [0.15, 0.2) is 115 Å². The number of amides is 2. The molecule has 2 amide bonds. The first-order valence-electron chi connectivity index (χ1n) is 10.2. The van der Waals surface area contributed by atoms with E-state index in [0.29, 0.717) is 17.4 Å². The molecule has 3 nitrogen and oxygen atoms in total. The molecule has 0 aromatic heterocycles. The molecule has 4 aromatic rings. The molecule has 5 rings (SSSR count). The number of carbonyl (C=O) groups excluding carboxylic acids is 2. The molecule has 0 bridgehead atoms. The number of nitrogens with zero attached hydrogens (tertiary/aromatic N) is 1. The Hall–Kier alpha value is -3.07. The molecule has 0 atom stereocenters. The smallest absolute Gasteiger partial charge is 0.264 e. The molecule has 0 spiro atoms. The van der Waals surface area contributed by atoms with E-state index in [2.05, 4.69) is 36.4 Å². The minimum atomic E-state index is -2.32. The van der Waals surface area contributed by atoms with Crippen molar-refractivity contribution in [1.82, 2.24) is 4.90 Å². The van der Waals surface area contributed by atoms with Crippen molar-refractivity contribution in [3.05, 3.63) is 126 Å². The van der Waals surface area contributed by atoms with E-state index in [1.54, 1.807) is 12.1 Å². The molecule has 0 fully saturated rings. The van der Waals surface area contributed by atoms with Crippen LogP contribution in [0.3, 0.4) is 0 Å². The average molecular weight is 502 g/mol. The molecule has 1 heterocycles. The van der Waals surface area contributed by atoms with Gasteiger partial charge in [0.15, 0.2) is 6.29 Å². The number of rotatable bonds is 5. The summed E-state index contributed by atoms with van der Waals surface area (Å²) in [5.41, 5.74) is 0.972. The number of imide groups is 1. The molecule has 158 valence electrons. The van der Waals surface area contributed by atoms with Crippen LogP contribution in [0.1, 0.15) is 20.7 Å². The maximum absolute atomic E-state index is 13.3. The summed E-state index contributed by atoms with van der Waals surface area (Å²) >= 11 is 0. The van der Waals surface area contributed by atoms with Crippen molar-refractivity contribution in [2.45, 2.75) is 0 Å². The van der Waals surface area contributed by atoms with Gasteiger partial charge in [-0.15, -0.1) is 0 Å². The normalized spacial score (nSPS) is 12.9. The molecule has 0 saturated heterocycles. The van der Waals surface area contributed by atoms with Gasteiger partial charge in [0.25, 0.3) is 11.8 Å². The van der Waals surface area contributed by atoms with Crippen LogP contribution in [0.25, 0.3) is 0 Å². The van der Waals surface area contributed by atoms with Crippen molar-refractivity contribution in [2.75, 3.05) is 6.29 Å². The summed E-state index contributed by atoms with van der Waals surface area (Å²) in [4.78, 5) is 28.1. The van der Waals surface area contributed by atoms with Gasteiger partial charge in [0.1, 0.15) is 23.2 Å². The van der Waals surface area contributed by atoms with E-state index in [-0.39, 0.29) is 28.8 Å². The Kier molecular flexibility index (Phi) is 6.36. The second-order valence-corrected chi connectivity index (χ2v) is 11.0. The van der Waals surface area contributed by atoms with Crippen molar-refractivity contribution in [1.29, 1.82) is 0 Å². The minimum absolute atomic E-state index is 0. The third-order valence-electron chi connectivity index (χ3n) is 5.82. The Labute approximate surface area is 198 Å². The first-order valence-corrected chi connectivity index (χ1v) is 12.2. The Balaban J connectivity index is 0.00000245. The van der Waals surface area contributed by atoms with E-state index in [1.807, 2.05) is 66.7 Å². The number of hydrogen-bond acceptors (Lipinski definition) is 2. The number of halogens is 1. The molecular weight excluding hydrogens is 481 g/mol. The van der Waals surface area contributed by atoms with Gasteiger partial charge < -0.3 is 17.0 Å². The van der Waals surface area contributed by atoms with Crippen molar-refractivity contribution in [3.8, 4) is 0 Å². The molecule has 4 aromatic carbocycles. The monoisotopic (exact) mass is 501 g/mol. The van der Waals surface area contributed by atoms with Crippen molar-refractivity contribution >= 4 is 35.0 Å². The molecule has 0 N–H and O–H groups in total. The van der Waals surface area contributed by atoms with E-state index >= 15 is 0 Å². The summed E-state index contributed by atoms with van der Waals surface area (Å²) in [7, 11) is -2.32. The number of benzene rings is 4. The Bertz CT molecular complexity index is 1110. The van der Waals surface area contributed by atoms with Gasteiger partial charge in [0.2, 0.25) is 0 Å². The van der Waals surface area contributed by atoms with Crippen LogP contribution in [0.2, 0.25) is 0 Å². The Morgan fingerprint density at radius 1 is 0.500 bits per heavy atom. The highest BCUT2D eigenvalue weighted by atomic mass is 79.9. The van der Waals surface area contributed by atoms with E-state index in [4.69, 9.17) is 0 Å². The third kappa shape index (κ3) is 3.60. The summed E-state index contributed by atoms with van der Waals surface area (Å²) in [5.74, 6) is -0.430. The van der Waals surface area contributed by atoms with E-state index in [0.717, 1.165) is 15.9 Å². The quantitative estimate of drug-likeness (QED) is 0.305. The van der Waals surface area contributed by atoms with Crippen molar-refractivity contribution in [2.24, 2.45) is 0 Å². The molecule has 0 aliphatic carbocycles. The highest BCUT2D eigenvalue weighted by Gasteiger charge is 2.51. The van der Waals surface area contributed by atoms with E-state index in [1.165, 1.54) is 4.90 Å². The van der Waals surface area contributed by atoms with Crippen molar-refractivity contribution in [3.63, 3.8) is 0 Å². The molecule has 32 heavy (non-hydrogen) atoms. The van der Waals surface area contributed by atoms with Crippen LogP contribution >= 0.6 is 7.26 Å². The lowest BCUT2D eigenvalue weighted by Gasteiger charge is -2.30. The van der Waals surface area contributed by atoms with Crippen LogP contribution in [0, 0.1) is 0 Å². The zero-order chi connectivity index (χ0) is 21.3. The molecule has 5 heteroatoms. The van der Waals surface area contributed by atoms with E-state index < -0.39 is 7.26 Å². The maximum Gasteiger partial charge on any atom is 0.264 e. The maximum atomic E-state index is 13.3. The zero-order valence-electron chi connectivity index (χ0n) is 17.3. The zero-order valence-corrected chi connectivity index (χ0v) is 19.7. The van der Waals surface area contributed by atoms with Gasteiger partial charge in [-0.3, -0.25) is 9.59 Å². The number of carbonyl (C=O) groups is 2. The van der Waals surface area contributed by atoms with Gasteiger partial charge in [-0.2, -0.15) is 0 Å². The average Bonchev–Trinajstić information content (AvgIpc) is 3.09. The molecular formula is C27H21BrNO2P. The van der Waals surface area contributed by atoms with Crippen LogP contribution < -0.4 is 32.9 Å². The molecule has 0 radical (unpaired) electrons. The lowest BCUT2D eigenvalue weighted by atomic mass is 10.1. The fraction of sp³-hybridized carbons (Fsp3) is 0.0370. The predicted octanol–water partition coefficient (Wildman–Crippen LogP) is 1.24. The Morgan fingerprint density at radius 3 is 1.16 bits per heavy atom. The second kappa shape index (κ2) is 9.20. The molecule has 0 unspecified atom stereocenters. The number of hydrogen-bond donors (Lipinski definition) is 0. The fourth-order valence-electron chi connectivity index (χ4n) is 4.32. The van der Waals surface area contributed by atoms with Gasteiger partial charge in [0.05, 0.1) is 11.1 Å². The predicted molar refractivity (Wildman–Crippen MR) is 127 cm³/mol. The van der Waals surface area contributed by atoms with Crippen LogP contribution in [-0.2, 0) is 0 Å². The number of fused-ring (bicyclic) bond motifs is 1. The first-order chi connectivity index (χ1) is 15.2. The van der Waals surface area contributed by atoms with Gasteiger partial charge >= 0.3 is 0 Å². The summed E-state index contributed by atoms with van der Waals surface area (Å²) in [5, 5.41) is 3.43. The van der Waals surface area contributed by atoms with Crippen LogP contribution in [0.5, 0.6) is 0 Å². The lowest BCUT2D eigenvalue weighted by molar-refractivity contribution is -0.0000280. The largest absolute Gasteiger partial charge is 1.00 e. The van der Waals surface area contributed by atoms with Gasteiger partial charge in [-0.1, -0.05) is 66.7 Å². The SMILES string of the molecule is O=C1c2ccccc2C(=O)N1C[P+](c1ccccc1)(c1ccccc1)c1ccccc1.[Br-]. The van der Waals surface area contributed by atoms with Gasteiger partial charge in [0, 0.05) is 0 Å². The minimum Gasteiger partial charge on any atom is -1.00 e. The summed E-state index contributed by atoms with van der Waals surface area (Å²) < 4.78 is 0. The molecule has 1 aliphatic rings. The highest BCUT2D eigenvalue weighted by Crippen LogP contribution is 2.56. The van der Waals surface area contributed by atoms with Crippen LogP contribution in [-0.4, -0.2) is 23.0 Å². The Morgan fingerprint density at radius 2 is 0.812 bits per heavy atom. The summed E-state index contributed by atoms with van der Waals surface area (Å²) in [6, 6.07) is 37.9. The first kappa shape index (κ1) is 22.1. The van der Waals surface area contributed by atoms with Crippen LogP contribution in [0.4, 0.5) is 0 Å². The lowest BCUT2D eigenvalue weighted by Crippen LogP contribution is -3.00. The highest BCUT2D eigenvalue weighted by molar-refractivity contribution is 7.95. The second-order valence-electron chi connectivity index (χ2n) is 7.54. The molecule has 0 saturated carbocycles. The van der Waals surface area contributed by atoms with Gasteiger partial charge in [-0.25, -0.2) is 4.90 Å². The summed E-state index contributed by atoms with van der Waals surface area (Å²) in [6.45, 7) is 0. The van der Waals surface area contributed by atoms with Crippen molar-refractivity contribution < 1.29 is 26.6 Å². The third-order valence-corrected chi connectivity index (χ3v) is 10.1.